The summed E-state index contributed by atoms with van der Waals surface area (Å²) in [5.41, 5.74) is -2.18. The molecule has 0 aromatic rings. The molecule has 4 aliphatic carbocycles. The first-order valence-electron chi connectivity index (χ1n) is 25.2. The van der Waals surface area contributed by atoms with Crippen LogP contribution in [0.5, 0.6) is 0 Å². The van der Waals surface area contributed by atoms with Gasteiger partial charge in [0, 0.05) is 16.7 Å². The monoisotopic (exact) mass is 1020 g/mol. The molecule has 0 radical (unpaired) electrons. The van der Waals surface area contributed by atoms with Gasteiger partial charge in [0.15, 0.2) is 25.2 Å². The second-order valence-corrected chi connectivity index (χ2v) is 22.7. The van der Waals surface area contributed by atoms with Crippen LogP contribution in [-0.2, 0) is 47.4 Å². The molecule has 0 aromatic carbocycles. The van der Waals surface area contributed by atoms with Gasteiger partial charge in [0.1, 0.15) is 84.4 Å². The Morgan fingerprint density at radius 2 is 1.34 bits per heavy atom. The average molecular weight is 1020 g/mol. The number of aliphatic hydroxyl groups is 13. The molecule has 0 bridgehead atoms. The lowest BCUT2D eigenvalue weighted by Gasteiger charge is -2.63. The highest BCUT2D eigenvalue weighted by Crippen LogP contribution is 2.75. The number of rotatable bonds is 13. The second kappa shape index (κ2) is 19.7. The minimum atomic E-state index is -2.15. The molecule has 2 saturated carbocycles. The number of fused-ring (bicyclic) bond motifs is 5. The Morgan fingerprint density at radius 1 is 0.662 bits per heavy atom. The van der Waals surface area contributed by atoms with Gasteiger partial charge < -0.3 is 109 Å². The molecule has 23 nitrogen and oxygen atoms in total. The molecule has 24 unspecified atom stereocenters. The Labute approximate surface area is 411 Å². The van der Waals surface area contributed by atoms with E-state index in [2.05, 4.69) is 27.7 Å². The molecule has 23 heteroatoms. The van der Waals surface area contributed by atoms with Gasteiger partial charge >= 0.3 is 5.97 Å². The van der Waals surface area contributed by atoms with Crippen LogP contribution in [0.3, 0.4) is 0 Å². The molecule has 9 rings (SSSR count). The minimum absolute atomic E-state index is 0.0928. The Hall–Kier alpha value is -1.63. The maximum absolute atomic E-state index is 12.7. The van der Waals surface area contributed by atoms with Crippen molar-refractivity contribution in [3.8, 4) is 0 Å². The molecular formula is C48H76O23. The van der Waals surface area contributed by atoms with E-state index in [0.717, 1.165) is 25.7 Å². The van der Waals surface area contributed by atoms with Crippen molar-refractivity contribution in [1.82, 2.24) is 0 Å². The highest BCUT2D eigenvalue weighted by Gasteiger charge is 2.73. The maximum Gasteiger partial charge on any atom is 0.306 e. The topological polar surface area (TPSA) is 363 Å². The summed E-state index contributed by atoms with van der Waals surface area (Å²) in [6.45, 7) is 4.53. The number of carbonyl (C=O) groups is 1. The number of carbonyl (C=O) groups excluding carboxylic acids is 1. The van der Waals surface area contributed by atoms with Crippen molar-refractivity contribution in [3.63, 3.8) is 0 Å². The molecule has 24 atom stereocenters. The summed E-state index contributed by atoms with van der Waals surface area (Å²) in [6.07, 6.45) is -22.6. The summed E-state index contributed by atoms with van der Waals surface area (Å²) >= 11 is 0. The van der Waals surface area contributed by atoms with E-state index in [-0.39, 0.29) is 28.6 Å². The fourth-order valence-electron chi connectivity index (χ4n) is 14.8. The van der Waals surface area contributed by atoms with Gasteiger partial charge in [0.25, 0.3) is 0 Å². The van der Waals surface area contributed by atoms with E-state index >= 15 is 0 Å². The van der Waals surface area contributed by atoms with Crippen LogP contribution in [0.15, 0.2) is 11.1 Å². The fourth-order valence-corrected chi connectivity index (χ4v) is 14.8. The van der Waals surface area contributed by atoms with E-state index < -0.39 is 173 Å². The van der Waals surface area contributed by atoms with Gasteiger partial charge in [-0.3, -0.25) is 4.79 Å². The molecule has 71 heavy (non-hydrogen) atoms. The number of allylic oxidation sites excluding steroid dienone is 2. The summed E-state index contributed by atoms with van der Waals surface area (Å²) in [7, 11) is 0. The van der Waals surface area contributed by atoms with Crippen molar-refractivity contribution in [2.24, 2.45) is 33.5 Å². The third kappa shape index (κ3) is 8.31. The van der Waals surface area contributed by atoms with E-state index in [9.17, 15) is 71.2 Å². The van der Waals surface area contributed by atoms with E-state index in [4.69, 9.17) is 42.6 Å². The Bertz CT molecular complexity index is 1960. The quantitative estimate of drug-likeness (QED) is 0.0624. The van der Waals surface area contributed by atoms with Gasteiger partial charge in [-0.05, 0) is 68.1 Å². The van der Waals surface area contributed by atoms with E-state index in [1.165, 1.54) is 11.1 Å². The van der Waals surface area contributed by atoms with Crippen LogP contribution in [0, 0.1) is 33.5 Å². The third-order valence-corrected chi connectivity index (χ3v) is 19.4. The van der Waals surface area contributed by atoms with Crippen molar-refractivity contribution in [3.05, 3.63) is 11.1 Å². The molecule has 5 aliphatic heterocycles. The van der Waals surface area contributed by atoms with Crippen LogP contribution in [-0.4, -0.2) is 234 Å². The van der Waals surface area contributed by atoms with Gasteiger partial charge in [-0.15, -0.1) is 0 Å². The average Bonchev–Trinajstić information content (AvgIpc) is 3.91. The summed E-state index contributed by atoms with van der Waals surface area (Å²) in [6, 6.07) is 0. The van der Waals surface area contributed by atoms with E-state index in [1.54, 1.807) is 0 Å². The van der Waals surface area contributed by atoms with Crippen LogP contribution in [0.4, 0.5) is 0 Å². The molecule has 5 heterocycles. The molecule has 7 fully saturated rings. The predicted octanol–water partition coefficient (Wildman–Crippen LogP) is -3.68. The fraction of sp³-hybridized carbons (Fsp3) is 0.938. The Morgan fingerprint density at radius 3 is 1.99 bits per heavy atom. The molecule has 5 saturated heterocycles. The smallest absolute Gasteiger partial charge is 0.306 e. The van der Waals surface area contributed by atoms with Crippen molar-refractivity contribution in [2.75, 3.05) is 46.2 Å². The molecule has 9 aliphatic rings. The molecular weight excluding hydrogens is 945 g/mol. The lowest BCUT2D eigenvalue weighted by Crippen LogP contribution is -2.65. The van der Waals surface area contributed by atoms with E-state index in [1.807, 2.05) is 0 Å². The van der Waals surface area contributed by atoms with Crippen LogP contribution in [0.1, 0.15) is 85.5 Å². The number of ether oxygens (including phenoxy) is 9. The Balaban J connectivity index is 0.904. The van der Waals surface area contributed by atoms with Gasteiger partial charge in [0.05, 0.1) is 58.8 Å². The molecule has 13 N–H and O–H groups in total. The first kappa shape index (κ1) is 54.2. The third-order valence-electron chi connectivity index (χ3n) is 19.4. The summed E-state index contributed by atoms with van der Waals surface area (Å²) in [5, 5.41) is 141. The van der Waals surface area contributed by atoms with Crippen molar-refractivity contribution in [1.29, 1.82) is 0 Å². The summed E-state index contributed by atoms with van der Waals surface area (Å²) in [4.78, 5) is 12.7. The summed E-state index contributed by atoms with van der Waals surface area (Å²) < 4.78 is 53.3. The largest absolute Gasteiger partial charge is 0.458 e. The zero-order chi connectivity index (χ0) is 51.4. The minimum Gasteiger partial charge on any atom is -0.458 e. The number of esters is 1. The van der Waals surface area contributed by atoms with Gasteiger partial charge in [-0.1, -0.05) is 38.8 Å². The number of aliphatic hydroxyl groups excluding tert-OH is 12. The standard InChI is InChI=1S/C48H76O23/c1-21-13-29(54)71-48(21)12-11-44(3)23-5-6-27-43(2,22(23)7-10-45(44,48)4)9-8-28(46(27,17-50)18-51)68-39-35(60)33(58)32(57)26(67-39)16-64-40-36(30(55)24(53)15-63-40)69-41-37(34(59)31(56)25(14-49)66-41)70-42-38(61)47(62,19-52)20-65-42/h21,24-28,30-42,49-53,55-62H,5-20H2,1-4H3. The van der Waals surface area contributed by atoms with Crippen LogP contribution >= 0.6 is 0 Å². The lowest BCUT2D eigenvalue weighted by atomic mass is 9.42. The van der Waals surface area contributed by atoms with Crippen molar-refractivity contribution >= 4 is 5.97 Å². The first-order chi connectivity index (χ1) is 33.5. The maximum atomic E-state index is 12.7. The van der Waals surface area contributed by atoms with Gasteiger partial charge in [-0.2, -0.15) is 0 Å². The number of hydrogen-bond acceptors (Lipinski definition) is 23. The van der Waals surface area contributed by atoms with E-state index in [0.29, 0.717) is 32.1 Å². The zero-order valence-electron chi connectivity index (χ0n) is 40.7. The highest BCUT2D eigenvalue weighted by molar-refractivity contribution is 5.73. The molecule has 0 aromatic heterocycles. The SMILES string of the molecule is CC1CC(=O)OC12CCC1(C)C3=C(CCC12C)C1(C)CCC(OC2OC(COC4OCC(O)C(O)C4OC4OC(CO)C(O)C(O)C4OC4OCC(O)(CO)C4O)C(O)C(O)C2O)C(CO)(CO)C1CC3. The first-order valence-corrected chi connectivity index (χ1v) is 25.2. The predicted molar refractivity (Wildman–Crippen MR) is 236 cm³/mol. The highest BCUT2D eigenvalue weighted by atomic mass is 16.8. The van der Waals surface area contributed by atoms with Crippen LogP contribution in [0.2, 0.25) is 0 Å². The zero-order valence-corrected chi connectivity index (χ0v) is 40.7. The van der Waals surface area contributed by atoms with Gasteiger partial charge in [0.2, 0.25) is 0 Å². The van der Waals surface area contributed by atoms with Crippen LogP contribution < -0.4 is 0 Å². The summed E-state index contributed by atoms with van der Waals surface area (Å²) in [5.74, 6) is -0.330. The van der Waals surface area contributed by atoms with Crippen LogP contribution in [0.25, 0.3) is 0 Å². The molecule has 0 amide bonds. The molecule has 406 valence electrons. The molecule has 1 spiro atoms. The Kier molecular flexibility index (Phi) is 15.1. The van der Waals surface area contributed by atoms with Crippen molar-refractivity contribution in [2.45, 2.75) is 201 Å². The van der Waals surface area contributed by atoms with Gasteiger partial charge in [-0.25, -0.2) is 0 Å². The van der Waals surface area contributed by atoms with Crippen molar-refractivity contribution < 1.29 is 114 Å². The number of hydrogen-bond donors (Lipinski definition) is 13. The lowest BCUT2D eigenvalue weighted by molar-refractivity contribution is -0.378. The second-order valence-electron chi connectivity index (χ2n) is 22.7. The normalized spacial score (nSPS) is 52.9.